The van der Waals surface area contributed by atoms with Crippen molar-refractivity contribution in [1.29, 1.82) is 0 Å². The third-order valence-electron chi connectivity index (χ3n) is 2.52. The largest absolute Gasteiger partial charge is 0.312 e. The van der Waals surface area contributed by atoms with Gasteiger partial charge in [-0.1, -0.05) is 13.8 Å². The molecule has 110 valence electrons. The van der Waals surface area contributed by atoms with Crippen molar-refractivity contribution in [1.82, 2.24) is 10.0 Å². The summed E-state index contributed by atoms with van der Waals surface area (Å²) in [7, 11) is -3.35. The summed E-state index contributed by atoms with van der Waals surface area (Å²) in [5.74, 6) is 1.30. The van der Waals surface area contributed by atoms with Gasteiger partial charge in [-0.15, -0.1) is 11.3 Å². The summed E-state index contributed by atoms with van der Waals surface area (Å²) in [5.41, 5.74) is 0. The minimum atomic E-state index is -3.35. The first-order chi connectivity index (χ1) is 8.99. The number of thioether (sulfide) groups is 1. The van der Waals surface area contributed by atoms with Gasteiger partial charge in [-0.3, -0.25) is 0 Å². The van der Waals surface area contributed by atoms with Gasteiger partial charge in [-0.25, -0.2) is 13.1 Å². The van der Waals surface area contributed by atoms with Crippen LogP contribution < -0.4 is 10.0 Å². The molecule has 0 aliphatic carbocycles. The van der Waals surface area contributed by atoms with Crippen LogP contribution in [-0.4, -0.2) is 33.5 Å². The second kappa shape index (κ2) is 8.26. The minimum Gasteiger partial charge on any atom is -0.312 e. The summed E-state index contributed by atoms with van der Waals surface area (Å²) in [6.45, 7) is 6.16. The fourth-order valence-electron chi connectivity index (χ4n) is 1.51. The van der Waals surface area contributed by atoms with Crippen molar-refractivity contribution in [2.45, 2.75) is 24.6 Å². The molecule has 0 amide bonds. The lowest BCUT2D eigenvalue weighted by Crippen LogP contribution is -2.28. The number of nitrogens with one attached hydrogen (secondary N) is 2. The predicted molar refractivity (Wildman–Crippen MR) is 84.4 cm³/mol. The van der Waals surface area contributed by atoms with Gasteiger partial charge in [0.15, 0.2) is 0 Å². The molecule has 1 heterocycles. The quantitative estimate of drug-likeness (QED) is 0.731. The van der Waals surface area contributed by atoms with Crippen LogP contribution in [0.25, 0.3) is 0 Å². The van der Waals surface area contributed by atoms with Crippen molar-refractivity contribution < 1.29 is 8.42 Å². The van der Waals surface area contributed by atoms with Crippen LogP contribution in [0, 0.1) is 5.92 Å². The van der Waals surface area contributed by atoms with Crippen LogP contribution in [0.1, 0.15) is 18.7 Å². The van der Waals surface area contributed by atoms with Gasteiger partial charge in [0.25, 0.3) is 0 Å². The molecule has 4 nitrogen and oxygen atoms in total. The van der Waals surface area contributed by atoms with Crippen molar-refractivity contribution in [2.75, 3.05) is 25.1 Å². The van der Waals surface area contributed by atoms with E-state index in [1.807, 2.05) is 26.2 Å². The van der Waals surface area contributed by atoms with Crippen LogP contribution in [0.4, 0.5) is 0 Å². The Kier molecular flexibility index (Phi) is 7.38. The number of rotatable bonds is 9. The Bertz CT molecular complexity index is 471. The first kappa shape index (κ1) is 17.0. The average molecular weight is 323 g/mol. The van der Waals surface area contributed by atoms with Crippen molar-refractivity contribution in [3.8, 4) is 0 Å². The van der Waals surface area contributed by atoms with E-state index in [9.17, 15) is 8.42 Å². The van der Waals surface area contributed by atoms with E-state index >= 15 is 0 Å². The molecule has 1 unspecified atom stereocenters. The SMILES string of the molecule is CCNCc1ccc(S(=O)(=O)NCC(C)CSC)s1. The monoisotopic (exact) mass is 322 g/mol. The zero-order valence-corrected chi connectivity index (χ0v) is 14.1. The van der Waals surface area contributed by atoms with Gasteiger partial charge in [0.05, 0.1) is 0 Å². The summed E-state index contributed by atoms with van der Waals surface area (Å²) in [4.78, 5) is 1.04. The first-order valence-electron chi connectivity index (χ1n) is 6.27. The molecule has 0 fully saturated rings. The summed E-state index contributed by atoms with van der Waals surface area (Å²) in [6, 6.07) is 3.55. The molecule has 2 N–H and O–H groups in total. The molecule has 1 rings (SSSR count). The van der Waals surface area contributed by atoms with E-state index in [0.717, 1.165) is 23.7 Å². The highest BCUT2D eigenvalue weighted by molar-refractivity contribution is 7.98. The van der Waals surface area contributed by atoms with Crippen LogP contribution in [-0.2, 0) is 16.6 Å². The molecule has 0 radical (unpaired) electrons. The van der Waals surface area contributed by atoms with Crippen LogP contribution in [0.3, 0.4) is 0 Å². The fourth-order valence-corrected chi connectivity index (χ4v) is 4.73. The Labute approximate surface area is 124 Å². The van der Waals surface area contributed by atoms with Crippen LogP contribution in [0.15, 0.2) is 16.3 Å². The second-order valence-corrected chi connectivity index (χ2v) is 8.49. The Morgan fingerprint density at radius 3 is 2.79 bits per heavy atom. The third-order valence-corrected chi connectivity index (χ3v) is 6.43. The lowest BCUT2D eigenvalue weighted by atomic mass is 10.2. The Morgan fingerprint density at radius 2 is 2.16 bits per heavy atom. The summed E-state index contributed by atoms with van der Waals surface area (Å²) < 4.78 is 27.3. The molecule has 0 aliphatic rings. The lowest BCUT2D eigenvalue weighted by Gasteiger charge is -2.10. The van der Waals surface area contributed by atoms with E-state index < -0.39 is 10.0 Å². The Hall–Kier alpha value is -0.0800. The number of sulfonamides is 1. The molecular formula is C12H22N2O2S3. The van der Waals surface area contributed by atoms with Gasteiger partial charge < -0.3 is 5.32 Å². The van der Waals surface area contributed by atoms with Crippen molar-refractivity contribution in [3.05, 3.63) is 17.0 Å². The molecule has 0 spiro atoms. The zero-order valence-electron chi connectivity index (χ0n) is 11.6. The minimum absolute atomic E-state index is 0.339. The highest BCUT2D eigenvalue weighted by Gasteiger charge is 2.17. The summed E-state index contributed by atoms with van der Waals surface area (Å²) in [5, 5.41) is 3.19. The molecule has 0 aromatic carbocycles. The zero-order chi connectivity index (χ0) is 14.3. The van der Waals surface area contributed by atoms with E-state index in [-0.39, 0.29) is 0 Å². The number of thiophene rings is 1. The normalized spacial score (nSPS) is 13.6. The van der Waals surface area contributed by atoms with E-state index in [0.29, 0.717) is 16.7 Å². The van der Waals surface area contributed by atoms with Crippen LogP contribution in [0.5, 0.6) is 0 Å². The molecule has 0 saturated heterocycles. The van der Waals surface area contributed by atoms with Crippen molar-refractivity contribution in [3.63, 3.8) is 0 Å². The van der Waals surface area contributed by atoms with Crippen molar-refractivity contribution in [2.24, 2.45) is 5.92 Å². The van der Waals surface area contributed by atoms with Crippen molar-refractivity contribution >= 4 is 33.1 Å². The van der Waals surface area contributed by atoms with E-state index in [1.165, 1.54) is 11.3 Å². The third kappa shape index (κ3) is 5.83. The smallest absolute Gasteiger partial charge is 0.250 e. The highest BCUT2D eigenvalue weighted by Crippen LogP contribution is 2.21. The van der Waals surface area contributed by atoms with E-state index in [2.05, 4.69) is 10.0 Å². The second-order valence-electron chi connectivity index (χ2n) is 4.41. The topological polar surface area (TPSA) is 58.2 Å². The maximum atomic E-state index is 12.1. The summed E-state index contributed by atoms with van der Waals surface area (Å²) in [6.07, 6.45) is 2.03. The molecular weight excluding hydrogens is 300 g/mol. The maximum Gasteiger partial charge on any atom is 0.250 e. The number of hydrogen-bond acceptors (Lipinski definition) is 5. The average Bonchev–Trinajstić information content (AvgIpc) is 2.84. The first-order valence-corrected chi connectivity index (χ1v) is 9.97. The molecule has 1 atom stereocenters. The lowest BCUT2D eigenvalue weighted by molar-refractivity contribution is 0.564. The van der Waals surface area contributed by atoms with Gasteiger partial charge in [0, 0.05) is 18.0 Å². The molecule has 0 bridgehead atoms. The van der Waals surface area contributed by atoms with E-state index in [4.69, 9.17) is 0 Å². The van der Waals surface area contributed by atoms with E-state index in [1.54, 1.807) is 17.8 Å². The van der Waals surface area contributed by atoms with Crippen LogP contribution in [0.2, 0.25) is 0 Å². The molecule has 0 aliphatic heterocycles. The highest BCUT2D eigenvalue weighted by atomic mass is 32.2. The Balaban J connectivity index is 2.59. The Morgan fingerprint density at radius 1 is 1.42 bits per heavy atom. The molecule has 1 aromatic heterocycles. The standard InChI is InChI=1S/C12H22N2O2S3/c1-4-13-8-11-5-6-12(18-11)19(15,16)14-7-10(2)9-17-3/h5-6,10,13-14H,4,7-9H2,1-3H3. The van der Waals surface area contributed by atoms with Gasteiger partial charge in [-0.2, -0.15) is 11.8 Å². The number of hydrogen-bond donors (Lipinski definition) is 2. The van der Waals surface area contributed by atoms with Gasteiger partial charge >= 0.3 is 0 Å². The summed E-state index contributed by atoms with van der Waals surface area (Å²) >= 11 is 3.06. The van der Waals surface area contributed by atoms with Crippen LogP contribution >= 0.6 is 23.1 Å². The predicted octanol–water partition coefficient (Wildman–Crippen LogP) is 2.13. The molecule has 1 aromatic rings. The van der Waals surface area contributed by atoms with Gasteiger partial charge in [-0.05, 0) is 36.6 Å². The molecule has 19 heavy (non-hydrogen) atoms. The molecule has 0 saturated carbocycles. The van der Waals surface area contributed by atoms with Gasteiger partial charge in [0.2, 0.25) is 10.0 Å². The molecule has 7 heteroatoms. The maximum absolute atomic E-state index is 12.1. The van der Waals surface area contributed by atoms with Gasteiger partial charge in [0.1, 0.15) is 4.21 Å². The fraction of sp³-hybridized carbons (Fsp3) is 0.667.